The molecule has 0 aliphatic carbocycles. The Morgan fingerprint density at radius 3 is 2.79 bits per heavy atom. The lowest BCUT2D eigenvalue weighted by Crippen LogP contribution is -2.15. The lowest BCUT2D eigenvalue weighted by Gasteiger charge is -2.10. The minimum Gasteiger partial charge on any atom is -0.472 e. The number of esters is 1. The summed E-state index contributed by atoms with van der Waals surface area (Å²) in [5.41, 5.74) is 3.82. The third kappa shape index (κ3) is 3.53. The van der Waals surface area contributed by atoms with Gasteiger partial charge in [0.1, 0.15) is 18.7 Å². The Hall–Kier alpha value is -3.41. The molecule has 0 spiro atoms. The van der Waals surface area contributed by atoms with Gasteiger partial charge < -0.3 is 9.47 Å². The molecule has 0 N–H and O–H groups in total. The molecule has 0 bridgehead atoms. The van der Waals surface area contributed by atoms with Gasteiger partial charge in [0.15, 0.2) is 0 Å². The van der Waals surface area contributed by atoms with Crippen LogP contribution in [0.5, 0.6) is 5.88 Å². The first-order valence-electron chi connectivity index (χ1n) is 9.24. The normalized spacial score (nSPS) is 11.1. The average molecular weight is 375 g/mol. The fourth-order valence-electron chi connectivity index (χ4n) is 3.24. The lowest BCUT2D eigenvalue weighted by molar-refractivity contribution is -0.144. The van der Waals surface area contributed by atoms with Gasteiger partial charge in [-0.3, -0.25) is 9.78 Å². The summed E-state index contributed by atoms with van der Waals surface area (Å²) in [4.78, 5) is 16.6. The Labute approximate surface area is 162 Å². The summed E-state index contributed by atoms with van der Waals surface area (Å²) in [5.74, 6) is 0.163. The number of benzene rings is 2. The fraction of sp³-hybridized carbons (Fsp3) is 0.227. The molecule has 0 saturated heterocycles. The van der Waals surface area contributed by atoms with Gasteiger partial charge in [0.05, 0.1) is 17.5 Å². The Balaban J connectivity index is 1.76. The van der Waals surface area contributed by atoms with Crippen LogP contribution in [-0.4, -0.2) is 27.3 Å². The largest absolute Gasteiger partial charge is 0.472 e. The molecule has 0 unspecified atom stereocenters. The molecule has 4 aromatic rings. The molecule has 0 fully saturated rings. The third-order valence-electron chi connectivity index (χ3n) is 4.47. The van der Waals surface area contributed by atoms with Gasteiger partial charge in [-0.25, -0.2) is 4.68 Å². The van der Waals surface area contributed by atoms with Crippen LogP contribution in [0, 0.1) is 6.92 Å². The first-order valence-corrected chi connectivity index (χ1v) is 9.24. The van der Waals surface area contributed by atoms with Crippen LogP contribution in [0.3, 0.4) is 0 Å². The molecule has 0 saturated carbocycles. The predicted octanol–water partition coefficient (Wildman–Crippen LogP) is 4.04. The van der Waals surface area contributed by atoms with E-state index in [1.54, 1.807) is 17.8 Å². The Morgan fingerprint density at radius 1 is 1.11 bits per heavy atom. The number of nitrogens with zero attached hydrogens (tertiary/aromatic N) is 3. The van der Waals surface area contributed by atoms with Gasteiger partial charge >= 0.3 is 5.97 Å². The van der Waals surface area contributed by atoms with Crippen LogP contribution in [0.1, 0.15) is 18.1 Å². The molecule has 0 aliphatic rings. The second kappa shape index (κ2) is 7.68. The van der Waals surface area contributed by atoms with E-state index in [0.717, 1.165) is 27.4 Å². The minimum absolute atomic E-state index is 0.0139. The van der Waals surface area contributed by atoms with Crippen molar-refractivity contribution in [3.8, 4) is 5.88 Å². The molecule has 142 valence electrons. The summed E-state index contributed by atoms with van der Waals surface area (Å²) in [6.07, 6.45) is 1.75. The van der Waals surface area contributed by atoms with Crippen LogP contribution >= 0.6 is 0 Å². The van der Waals surface area contributed by atoms with Crippen molar-refractivity contribution in [3.63, 3.8) is 0 Å². The summed E-state index contributed by atoms with van der Waals surface area (Å²) in [5, 5.41) is 6.34. The van der Waals surface area contributed by atoms with Crippen molar-refractivity contribution in [1.82, 2.24) is 14.8 Å². The predicted molar refractivity (Wildman–Crippen MR) is 107 cm³/mol. The van der Waals surface area contributed by atoms with E-state index in [9.17, 15) is 4.79 Å². The number of ether oxygens (including phenoxy) is 2. The van der Waals surface area contributed by atoms with E-state index in [1.165, 1.54) is 5.56 Å². The Bertz CT molecular complexity index is 1150. The molecule has 6 nitrogen and oxygen atoms in total. The number of carbonyl (C=O) groups is 1. The molecule has 2 aromatic carbocycles. The fourth-order valence-corrected chi connectivity index (χ4v) is 3.24. The van der Waals surface area contributed by atoms with Gasteiger partial charge in [-0.1, -0.05) is 48.0 Å². The van der Waals surface area contributed by atoms with E-state index in [2.05, 4.69) is 16.1 Å². The van der Waals surface area contributed by atoms with Crippen molar-refractivity contribution >= 4 is 27.8 Å². The molecular formula is C22H21N3O3. The Kier molecular flexibility index (Phi) is 4.93. The van der Waals surface area contributed by atoms with Crippen molar-refractivity contribution in [2.24, 2.45) is 0 Å². The number of hydrogen-bond acceptors (Lipinski definition) is 5. The zero-order valence-corrected chi connectivity index (χ0v) is 15.9. The molecule has 0 radical (unpaired) electrons. The smallest absolute Gasteiger partial charge is 0.327 e. The summed E-state index contributed by atoms with van der Waals surface area (Å²) in [6, 6.07) is 15.9. The lowest BCUT2D eigenvalue weighted by atomic mass is 10.1. The number of rotatable bonds is 6. The van der Waals surface area contributed by atoms with Crippen molar-refractivity contribution in [2.75, 3.05) is 6.61 Å². The van der Waals surface area contributed by atoms with Gasteiger partial charge in [0, 0.05) is 11.6 Å². The Morgan fingerprint density at radius 2 is 1.96 bits per heavy atom. The molecule has 4 rings (SSSR count). The highest BCUT2D eigenvalue weighted by atomic mass is 16.5. The second-order valence-electron chi connectivity index (χ2n) is 6.58. The number of fused-ring (bicyclic) bond motifs is 3. The van der Waals surface area contributed by atoms with Gasteiger partial charge in [-0.15, -0.1) is 0 Å². The van der Waals surface area contributed by atoms with E-state index in [1.807, 2.05) is 49.4 Å². The maximum absolute atomic E-state index is 12.1. The molecule has 6 heteroatoms. The quantitative estimate of drug-likeness (QED) is 0.476. The van der Waals surface area contributed by atoms with E-state index < -0.39 is 0 Å². The first-order chi connectivity index (χ1) is 13.7. The van der Waals surface area contributed by atoms with Crippen molar-refractivity contribution in [1.29, 1.82) is 0 Å². The SMILES string of the molecule is CCOC(=O)Cn1nc2c(cnc3ccccc32)c1OCc1cccc(C)c1. The molecule has 0 aliphatic heterocycles. The van der Waals surface area contributed by atoms with Crippen LogP contribution in [0.15, 0.2) is 54.7 Å². The van der Waals surface area contributed by atoms with E-state index >= 15 is 0 Å². The number of hydrogen-bond donors (Lipinski definition) is 0. The summed E-state index contributed by atoms with van der Waals surface area (Å²) >= 11 is 0. The summed E-state index contributed by atoms with van der Waals surface area (Å²) in [6.45, 7) is 4.51. The van der Waals surface area contributed by atoms with Gasteiger partial charge in [0.2, 0.25) is 5.88 Å². The number of carbonyl (C=O) groups excluding carboxylic acids is 1. The highest BCUT2D eigenvalue weighted by molar-refractivity contribution is 6.04. The van der Waals surface area contributed by atoms with Crippen LogP contribution in [0.4, 0.5) is 0 Å². The second-order valence-corrected chi connectivity index (χ2v) is 6.58. The van der Waals surface area contributed by atoms with Crippen molar-refractivity contribution < 1.29 is 14.3 Å². The molecule has 2 aromatic heterocycles. The highest BCUT2D eigenvalue weighted by Gasteiger charge is 2.18. The number of pyridine rings is 1. The number of aryl methyl sites for hydroxylation is 1. The standard InChI is InChI=1S/C22H21N3O3/c1-3-27-20(26)13-25-22(28-14-16-8-6-7-15(2)11-16)18-12-23-19-10-5-4-9-17(19)21(18)24-25/h4-12H,3,13-14H2,1-2H3. The van der Waals surface area contributed by atoms with Crippen molar-refractivity contribution in [2.45, 2.75) is 27.0 Å². The van der Waals surface area contributed by atoms with E-state index in [4.69, 9.17) is 9.47 Å². The minimum atomic E-state index is -0.354. The first kappa shape index (κ1) is 18.0. The van der Waals surface area contributed by atoms with E-state index in [0.29, 0.717) is 19.1 Å². The van der Waals surface area contributed by atoms with Crippen LogP contribution in [0.2, 0.25) is 0 Å². The third-order valence-corrected chi connectivity index (χ3v) is 4.47. The summed E-state index contributed by atoms with van der Waals surface area (Å²) in [7, 11) is 0. The zero-order chi connectivity index (χ0) is 19.5. The summed E-state index contributed by atoms with van der Waals surface area (Å²) < 4.78 is 12.8. The molecule has 28 heavy (non-hydrogen) atoms. The maximum Gasteiger partial charge on any atom is 0.327 e. The van der Waals surface area contributed by atoms with Crippen LogP contribution in [0.25, 0.3) is 21.8 Å². The molecular weight excluding hydrogens is 354 g/mol. The topological polar surface area (TPSA) is 66.2 Å². The number of para-hydroxylation sites is 1. The van der Waals surface area contributed by atoms with Crippen LogP contribution < -0.4 is 4.74 Å². The van der Waals surface area contributed by atoms with Gasteiger partial charge in [-0.2, -0.15) is 5.10 Å². The molecule has 0 amide bonds. The van der Waals surface area contributed by atoms with Gasteiger partial charge in [-0.05, 0) is 25.5 Å². The highest BCUT2D eigenvalue weighted by Crippen LogP contribution is 2.31. The number of aromatic nitrogens is 3. The molecule has 2 heterocycles. The van der Waals surface area contributed by atoms with E-state index in [-0.39, 0.29) is 12.5 Å². The monoisotopic (exact) mass is 375 g/mol. The van der Waals surface area contributed by atoms with Crippen molar-refractivity contribution in [3.05, 3.63) is 65.9 Å². The average Bonchev–Trinajstić information content (AvgIpc) is 3.04. The molecule has 0 atom stereocenters. The maximum atomic E-state index is 12.1. The van der Waals surface area contributed by atoms with Gasteiger partial charge in [0.25, 0.3) is 0 Å². The zero-order valence-electron chi connectivity index (χ0n) is 15.9. The van der Waals surface area contributed by atoms with Crippen LogP contribution in [-0.2, 0) is 22.7 Å².